The molecule has 1 aromatic carbocycles. The van der Waals surface area contributed by atoms with Crippen molar-refractivity contribution < 1.29 is 0 Å². The second kappa shape index (κ2) is 4.58. The van der Waals surface area contributed by atoms with Gasteiger partial charge in [-0.1, -0.05) is 6.07 Å². The van der Waals surface area contributed by atoms with Crippen LogP contribution in [0, 0.1) is 20.8 Å². The van der Waals surface area contributed by atoms with Gasteiger partial charge in [-0.25, -0.2) is 0 Å². The quantitative estimate of drug-likeness (QED) is 0.881. The topological polar surface area (TPSA) is 36.1 Å². The van der Waals surface area contributed by atoms with E-state index in [-0.39, 0.29) is 5.43 Å². The molecular weight excluding hydrogens is 224 g/mol. The van der Waals surface area contributed by atoms with Crippen LogP contribution in [-0.2, 0) is 6.54 Å². The van der Waals surface area contributed by atoms with Crippen LogP contribution in [-0.4, -0.2) is 24.0 Å². The number of fused-ring (bicyclic) bond motifs is 1. The van der Waals surface area contributed by atoms with Crippen LogP contribution in [0.4, 0.5) is 0 Å². The van der Waals surface area contributed by atoms with Gasteiger partial charge in [-0.15, -0.1) is 0 Å². The van der Waals surface area contributed by atoms with E-state index in [1.165, 1.54) is 5.56 Å². The molecule has 0 amide bonds. The normalized spacial score (nSPS) is 11.4. The Balaban J connectivity index is 2.81. The molecule has 0 saturated heterocycles. The van der Waals surface area contributed by atoms with E-state index >= 15 is 0 Å². The number of rotatable bonds is 2. The Labute approximate surface area is 107 Å². The first kappa shape index (κ1) is 12.8. The summed E-state index contributed by atoms with van der Waals surface area (Å²) in [6, 6.07) is 4.10. The van der Waals surface area contributed by atoms with Crippen molar-refractivity contribution in [2.75, 3.05) is 14.1 Å². The van der Waals surface area contributed by atoms with Gasteiger partial charge < -0.3 is 9.88 Å². The van der Waals surface area contributed by atoms with Crippen molar-refractivity contribution >= 4 is 10.9 Å². The average molecular weight is 244 g/mol. The fourth-order valence-electron chi connectivity index (χ4n) is 2.47. The van der Waals surface area contributed by atoms with E-state index in [2.05, 4.69) is 11.1 Å². The van der Waals surface area contributed by atoms with Gasteiger partial charge in [0.1, 0.15) is 0 Å². The lowest BCUT2D eigenvalue weighted by Crippen LogP contribution is -2.21. The van der Waals surface area contributed by atoms with Gasteiger partial charge in [0.15, 0.2) is 5.43 Å². The lowest BCUT2D eigenvalue weighted by Gasteiger charge is -2.14. The zero-order valence-electron chi connectivity index (χ0n) is 11.7. The van der Waals surface area contributed by atoms with Gasteiger partial charge in [0.2, 0.25) is 0 Å². The summed E-state index contributed by atoms with van der Waals surface area (Å²) in [4.78, 5) is 18.0. The third-order valence-corrected chi connectivity index (χ3v) is 3.23. The van der Waals surface area contributed by atoms with E-state index in [0.717, 1.165) is 27.7 Å². The number of aromatic amines is 1. The number of pyridine rings is 1. The number of aryl methyl sites for hydroxylation is 3. The van der Waals surface area contributed by atoms with E-state index in [4.69, 9.17) is 0 Å². The molecule has 96 valence electrons. The van der Waals surface area contributed by atoms with Gasteiger partial charge in [-0.3, -0.25) is 4.79 Å². The van der Waals surface area contributed by atoms with Crippen LogP contribution in [0.5, 0.6) is 0 Å². The smallest absolute Gasteiger partial charge is 0.194 e. The van der Waals surface area contributed by atoms with Crippen LogP contribution < -0.4 is 5.43 Å². The average Bonchev–Trinajstić information content (AvgIpc) is 2.22. The van der Waals surface area contributed by atoms with Gasteiger partial charge in [0.05, 0.1) is 5.52 Å². The minimum Gasteiger partial charge on any atom is -0.358 e. The van der Waals surface area contributed by atoms with Crippen LogP contribution in [0.1, 0.15) is 22.4 Å². The first-order valence-electron chi connectivity index (χ1n) is 6.17. The predicted molar refractivity (Wildman–Crippen MR) is 76.2 cm³/mol. The Kier molecular flexibility index (Phi) is 3.26. The molecule has 3 heteroatoms. The molecular formula is C15H20N2O. The van der Waals surface area contributed by atoms with Gasteiger partial charge in [0.25, 0.3) is 0 Å². The molecule has 0 atom stereocenters. The molecule has 0 spiro atoms. The SMILES string of the molecule is Cc1cc(C)c2c(=O)c(CN(C)C)c(C)[nH]c2c1. The van der Waals surface area contributed by atoms with Crippen LogP contribution >= 0.6 is 0 Å². The Morgan fingerprint density at radius 1 is 1.17 bits per heavy atom. The fourth-order valence-corrected chi connectivity index (χ4v) is 2.47. The highest BCUT2D eigenvalue weighted by Crippen LogP contribution is 2.18. The van der Waals surface area contributed by atoms with Crippen molar-refractivity contribution in [2.24, 2.45) is 0 Å². The molecule has 0 aliphatic carbocycles. The molecule has 1 N–H and O–H groups in total. The number of hydrogen-bond acceptors (Lipinski definition) is 2. The first-order valence-corrected chi connectivity index (χ1v) is 6.17. The monoisotopic (exact) mass is 244 g/mol. The predicted octanol–water partition coefficient (Wildman–Crippen LogP) is 2.51. The van der Waals surface area contributed by atoms with E-state index in [0.29, 0.717) is 6.54 Å². The molecule has 2 aromatic rings. The minimum absolute atomic E-state index is 0.160. The molecule has 3 nitrogen and oxygen atoms in total. The van der Waals surface area contributed by atoms with E-state index in [9.17, 15) is 4.79 Å². The molecule has 0 saturated carbocycles. The molecule has 0 unspecified atom stereocenters. The van der Waals surface area contributed by atoms with E-state index in [1.54, 1.807) is 0 Å². The molecule has 1 heterocycles. The molecule has 1 aromatic heterocycles. The van der Waals surface area contributed by atoms with Crippen molar-refractivity contribution in [3.63, 3.8) is 0 Å². The molecule has 0 radical (unpaired) electrons. The second-order valence-electron chi connectivity index (χ2n) is 5.30. The number of nitrogens with zero attached hydrogens (tertiary/aromatic N) is 1. The molecule has 0 bridgehead atoms. The third kappa shape index (κ3) is 2.18. The van der Waals surface area contributed by atoms with Crippen molar-refractivity contribution in [3.05, 3.63) is 44.7 Å². The van der Waals surface area contributed by atoms with Gasteiger partial charge in [-0.05, 0) is 52.1 Å². The van der Waals surface area contributed by atoms with Gasteiger partial charge in [0, 0.05) is 23.2 Å². The second-order valence-corrected chi connectivity index (χ2v) is 5.30. The molecule has 18 heavy (non-hydrogen) atoms. The number of aromatic nitrogens is 1. The summed E-state index contributed by atoms with van der Waals surface area (Å²) in [6.07, 6.45) is 0. The van der Waals surface area contributed by atoms with Gasteiger partial charge in [-0.2, -0.15) is 0 Å². The number of benzene rings is 1. The summed E-state index contributed by atoms with van der Waals surface area (Å²) in [6.45, 7) is 6.69. The fraction of sp³-hybridized carbons (Fsp3) is 0.400. The highest BCUT2D eigenvalue weighted by atomic mass is 16.1. The lowest BCUT2D eigenvalue weighted by molar-refractivity contribution is 0.400. The molecule has 0 fully saturated rings. The maximum Gasteiger partial charge on any atom is 0.194 e. The standard InChI is InChI=1S/C15H20N2O/c1-9-6-10(2)14-13(7-9)16-11(3)12(15(14)18)8-17(4)5/h6-7H,8H2,1-5H3,(H,16,18). The summed E-state index contributed by atoms with van der Waals surface area (Å²) in [7, 11) is 3.95. The Bertz CT molecular complexity index is 654. The maximum atomic E-state index is 12.6. The summed E-state index contributed by atoms with van der Waals surface area (Å²) >= 11 is 0. The largest absolute Gasteiger partial charge is 0.358 e. The van der Waals surface area contributed by atoms with Crippen molar-refractivity contribution in [2.45, 2.75) is 27.3 Å². The Hall–Kier alpha value is -1.61. The Morgan fingerprint density at radius 2 is 1.83 bits per heavy atom. The first-order chi connectivity index (χ1) is 8.40. The Morgan fingerprint density at radius 3 is 2.44 bits per heavy atom. The van der Waals surface area contributed by atoms with E-state index in [1.807, 2.05) is 45.8 Å². The van der Waals surface area contributed by atoms with Crippen molar-refractivity contribution in [3.8, 4) is 0 Å². The van der Waals surface area contributed by atoms with Crippen molar-refractivity contribution in [1.82, 2.24) is 9.88 Å². The summed E-state index contributed by atoms with van der Waals surface area (Å²) in [5, 5.41) is 0.822. The summed E-state index contributed by atoms with van der Waals surface area (Å²) in [5.74, 6) is 0. The van der Waals surface area contributed by atoms with Crippen LogP contribution in [0.15, 0.2) is 16.9 Å². The van der Waals surface area contributed by atoms with Crippen LogP contribution in [0.25, 0.3) is 10.9 Å². The summed E-state index contributed by atoms with van der Waals surface area (Å²) in [5.41, 5.74) is 5.15. The van der Waals surface area contributed by atoms with Crippen LogP contribution in [0.2, 0.25) is 0 Å². The highest BCUT2D eigenvalue weighted by Gasteiger charge is 2.12. The zero-order chi connectivity index (χ0) is 13.4. The number of H-pyrrole nitrogens is 1. The summed E-state index contributed by atoms with van der Waals surface area (Å²) < 4.78 is 0. The van der Waals surface area contributed by atoms with Gasteiger partial charge >= 0.3 is 0 Å². The molecule has 0 aliphatic rings. The maximum absolute atomic E-state index is 12.6. The zero-order valence-corrected chi connectivity index (χ0v) is 11.7. The van der Waals surface area contributed by atoms with Crippen molar-refractivity contribution in [1.29, 1.82) is 0 Å². The molecule has 0 aliphatic heterocycles. The highest BCUT2D eigenvalue weighted by molar-refractivity contribution is 5.83. The minimum atomic E-state index is 0.160. The number of hydrogen-bond donors (Lipinski definition) is 1. The van der Waals surface area contributed by atoms with E-state index < -0.39 is 0 Å². The lowest BCUT2D eigenvalue weighted by atomic mass is 10.0. The van der Waals surface area contributed by atoms with Crippen LogP contribution in [0.3, 0.4) is 0 Å². The number of nitrogens with one attached hydrogen (secondary N) is 1. The third-order valence-electron chi connectivity index (χ3n) is 3.23. The molecule has 2 rings (SSSR count).